The summed E-state index contributed by atoms with van der Waals surface area (Å²) in [7, 11) is 1.14. The highest BCUT2D eigenvalue weighted by Crippen LogP contribution is 2.45. The van der Waals surface area contributed by atoms with Gasteiger partial charge in [0.25, 0.3) is 0 Å². The first-order valence-corrected chi connectivity index (χ1v) is 6.38. The average molecular weight is 192 g/mol. The summed E-state index contributed by atoms with van der Waals surface area (Å²) in [5, 5.41) is 0. The Labute approximate surface area is 82.5 Å². The molecule has 0 aliphatic carbocycles. The van der Waals surface area contributed by atoms with Gasteiger partial charge in [-0.15, -0.1) is 8.58 Å². The molecule has 1 aliphatic heterocycles. The van der Waals surface area contributed by atoms with Gasteiger partial charge in [-0.2, -0.15) is 0 Å². The molecule has 0 amide bonds. The zero-order valence-corrected chi connectivity index (χ0v) is 9.38. The van der Waals surface area contributed by atoms with Crippen LogP contribution in [0.4, 0.5) is 0 Å². The molecule has 0 radical (unpaired) electrons. The second-order valence-electron chi connectivity index (χ2n) is 4.12. The Morgan fingerprint density at radius 2 is 2.08 bits per heavy atom. The monoisotopic (exact) mass is 192 g/mol. The number of fused-ring (bicyclic) bond motifs is 1. The lowest BCUT2D eigenvalue weighted by atomic mass is 9.95. The van der Waals surface area contributed by atoms with Crippen LogP contribution in [0.3, 0.4) is 0 Å². The van der Waals surface area contributed by atoms with Crippen LogP contribution in [0, 0.1) is 5.92 Å². The first kappa shape index (κ1) is 9.21. The summed E-state index contributed by atoms with van der Waals surface area (Å²) < 4.78 is 0. The Hall–Kier alpha value is -0.350. The first-order chi connectivity index (χ1) is 6.29. The normalized spacial score (nSPS) is 23.5. The summed E-state index contributed by atoms with van der Waals surface area (Å²) in [5.41, 5.74) is 4.06. The maximum Gasteiger partial charge on any atom is 0.00398 e. The molecule has 13 heavy (non-hydrogen) atoms. The van der Waals surface area contributed by atoms with Crippen LogP contribution < -0.4 is 0 Å². The molecule has 1 heterocycles. The maximum atomic E-state index is 2.35. The molecule has 0 nitrogen and oxygen atoms in total. The van der Waals surface area contributed by atoms with E-state index in [2.05, 4.69) is 38.1 Å². The van der Waals surface area contributed by atoms with Gasteiger partial charge in [-0.05, 0) is 29.6 Å². The van der Waals surface area contributed by atoms with Gasteiger partial charge < -0.3 is 0 Å². The van der Waals surface area contributed by atoms with Crippen LogP contribution in [-0.2, 0) is 6.42 Å². The van der Waals surface area contributed by atoms with Crippen molar-refractivity contribution in [3.05, 3.63) is 35.4 Å². The minimum Gasteiger partial charge on any atom is -0.114 e. The summed E-state index contributed by atoms with van der Waals surface area (Å²) in [6, 6.07) is 8.98. The highest BCUT2D eigenvalue weighted by atomic mass is 31.1. The van der Waals surface area contributed by atoms with Crippen molar-refractivity contribution in [1.82, 2.24) is 0 Å². The van der Waals surface area contributed by atoms with Crippen molar-refractivity contribution in [3.63, 3.8) is 0 Å². The number of hydrogen-bond donors (Lipinski definition) is 0. The zero-order chi connectivity index (χ0) is 9.26. The lowest BCUT2D eigenvalue weighted by Gasteiger charge is -2.28. The average Bonchev–Trinajstić information content (AvgIpc) is 2.17. The van der Waals surface area contributed by atoms with Gasteiger partial charge in [-0.25, -0.2) is 0 Å². The summed E-state index contributed by atoms with van der Waals surface area (Å²) in [5.74, 6) is 0.805. The molecule has 0 fully saturated rings. The fourth-order valence-corrected chi connectivity index (χ4v) is 3.83. The smallest absolute Gasteiger partial charge is 0.00398 e. The summed E-state index contributed by atoms with van der Waals surface area (Å²) in [6.45, 7) is 4.69. The van der Waals surface area contributed by atoms with Gasteiger partial charge in [0.2, 0.25) is 0 Å². The van der Waals surface area contributed by atoms with E-state index in [1.54, 1.807) is 11.1 Å². The Morgan fingerprint density at radius 3 is 2.85 bits per heavy atom. The molecule has 0 spiro atoms. The molecular formula is C12H17P. The van der Waals surface area contributed by atoms with E-state index in [1.807, 2.05) is 0 Å². The molecule has 2 rings (SSSR count). The third kappa shape index (κ3) is 1.79. The Bertz CT molecular complexity index is 291. The molecule has 0 saturated heterocycles. The van der Waals surface area contributed by atoms with E-state index in [9.17, 15) is 0 Å². The molecule has 1 heteroatoms. The quantitative estimate of drug-likeness (QED) is 0.596. The predicted octanol–water partition coefficient (Wildman–Crippen LogP) is 3.62. The minimum absolute atomic E-state index is 0.805. The fourth-order valence-electron chi connectivity index (χ4n) is 2.13. The highest BCUT2D eigenvalue weighted by molar-refractivity contribution is 7.38. The second-order valence-corrected chi connectivity index (χ2v) is 5.65. The summed E-state index contributed by atoms with van der Waals surface area (Å²) >= 11 is 0. The topological polar surface area (TPSA) is 0 Å². The van der Waals surface area contributed by atoms with Crippen LogP contribution in [0.25, 0.3) is 0 Å². The van der Waals surface area contributed by atoms with Crippen molar-refractivity contribution >= 4 is 8.58 Å². The standard InChI is InChI=1S/C12H17P/c1-9(2)12-11-6-4-3-5-10(11)7-8-13-12/h3-6,9,12-13H,7-8H2,1-2H3. The lowest BCUT2D eigenvalue weighted by Crippen LogP contribution is -2.10. The molecule has 0 bridgehead atoms. The van der Waals surface area contributed by atoms with E-state index in [4.69, 9.17) is 0 Å². The van der Waals surface area contributed by atoms with E-state index < -0.39 is 0 Å². The molecule has 1 aliphatic rings. The van der Waals surface area contributed by atoms with Crippen LogP contribution >= 0.6 is 8.58 Å². The molecule has 1 aromatic carbocycles. The van der Waals surface area contributed by atoms with E-state index in [1.165, 1.54) is 12.6 Å². The Morgan fingerprint density at radius 1 is 1.31 bits per heavy atom. The second kappa shape index (κ2) is 3.80. The molecule has 1 aromatic rings. The van der Waals surface area contributed by atoms with Gasteiger partial charge in [0.1, 0.15) is 0 Å². The third-order valence-electron chi connectivity index (χ3n) is 2.82. The van der Waals surface area contributed by atoms with Crippen LogP contribution in [0.1, 0.15) is 30.6 Å². The zero-order valence-electron chi connectivity index (χ0n) is 8.38. The van der Waals surface area contributed by atoms with Crippen molar-refractivity contribution in [2.24, 2.45) is 5.92 Å². The molecule has 0 saturated carbocycles. The molecule has 70 valence electrons. The predicted molar refractivity (Wildman–Crippen MR) is 60.9 cm³/mol. The summed E-state index contributed by atoms with van der Waals surface area (Å²) in [4.78, 5) is 0. The van der Waals surface area contributed by atoms with Crippen LogP contribution in [0.5, 0.6) is 0 Å². The van der Waals surface area contributed by atoms with Gasteiger partial charge in [0.15, 0.2) is 0 Å². The van der Waals surface area contributed by atoms with E-state index >= 15 is 0 Å². The maximum absolute atomic E-state index is 2.35. The highest BCUT2D eigenvalue weighted by Gasteiger charge is 2.21. The van der Waals surface area contributed by atoms with Gasteiger partial charge in [0, 0.05) is 5.66 Å². The van der Waals surface area contributed by atoms with Gasteiger partial charge in [-0.1, -0.05) is 38.1 Å². The number of hydrogen-bond acceptors (Lipinski definition) is 0. The number of rotatable bonds is 1. The Kier molecular flexibility index (Phi) is 2.69. The van der Waals surface area contributed by atoms with Crippen molar-refractivity contribution in [3.8, 4) is 0 Å². The van der Waals surface area contributed by atoms with E-state index in [-0.39, 0.29) is 0 Å². The van der Waals surface area contributed by atoms with E-state index in [0.29, 0.717) is 0 Å². The number of aryl methyl sites for hydroxylation is 1. The number of benzene rings is 1. The SMILES string of the molecule is CC(C)C1PCCc2ccccc21. The van der Waals surface area contributed by atoms with Crippen molar-refractivity contribution in [1.29, 1.82) is 0 Å². The third-order valence-corrected chi connectivity index (χ3v) is 4.77. The van der Waals surface area contributed by atoms with Crippen molar-refractivity contribution in [2.75, 3.05) is 6.16 Å². The van der Waals surface area contributed by atoms with Crippen LogP contribution in [0.2, 0.25) is 0 Å². The first-order valence-electron chi connectivity index (χ1n) is 5.10. The van der Waals surface area contributed by atoms with Crippen molar-refractivity contribution < 1.29 is 0 Å². The minimum atomic E-state index is 0.805. The van der Waals surface area contributed by atoms with Gasteiger partial charge in [0.05, 0.1) is 0 Å². The molecule has 2 atom stereocenters. The largest absolute Gasteiger partial charge is 0.114 e. The molecular weight excluding hydrogens is 175 g/mol. The molecule has 0 aromatic heterocycles. The fraction of sp³-hybridized carbons (Fsp3) is 0.500. The van der Waals surface area contributed by atoms with Crippen molar-refractivity contribution in [2.45, 2.75) is 25.9 Å². The van der Waals surface area contributed by atoms with Crippen LogP contribution in [-0.4, -0.2) is 6.16 Å². The molecule has 2 unspecified atom stereocenters. The lowest BCUT2D eigenvalue weighted by molar-refractivity contribution is 0.618. The van der Waals surface area contributed by atoms with Crippen LogP contribution in [0.15, 0.2) is 24.3 Å². The summed E-state index contributed by atoms with van der Waals surface area (Å²) in [6.07, 6.45) is 2.71. The molecule has 0 N–H and O–H groups in total. The van der Waals surface area contributed by atoms with Gasteiger partial charge in [-0.3, -0.25) is 0 Å². The van der Waals surface area contributed by atoms with Gasteiger partial charge >= 0.3 is 0 Å². The van der Waals surface area contributed by atoms with E-state index in [0.717, 1.165) is 20.2 Å². The Balaban J connectivity index is 2.37.